The Hall–Kier alpha value is -2.33. The average molecular weight is 448 g/mol. The molecule has 176 valence electrons. The molecule has 0 aliphatic heterocycles. The lowest BCUT2D eigenvalue weighted by atomic mass is 9.54. The van der Waals surface area contributed by atoms with Crippen LogP contribution in [0, 0.1) is 23.2 Å². The van der Waals surface area contributed by atoms with Gasteiger partial charge in [-0.3, -0.25) is 4.79 Å². The van der Waals surface area contributed by atoms with E-state index in [2.05, 4.69) is 42.6 Å². The van der Waals surface area contributed by atoms with Crippen LogP contribution in [0.15, 0.2) is 48.5 Å². The van der Waals surface area contributed by atoms with Gasteiger partial charge in [-0.05, 0) is 91.0 Å². The van der Waals surface area contributed by atoms with E-state index < -0.39 is 0 Å². The fourth-order valence-corrected chi connectivity index (χ4v) is 7.39. The first kappa shape index (κ1) is 22.5. The number of nitrogens with one attached hydrogen (secondary N) is 1. The molecular weight excluding hydrogens is 410 g/mol. The quantitative estimate of drug-likeness (QED) is 0.636. The monoisotopic (exact) mass is 447 g/mol. The summed E-state index contributed by atoms with van der Waals surface area (Å²) in [5, 5.41) is 3.12. The number of methoxy groups -OCH3 is 1. The van der Waals surface area contributed by atoms with Crippen molar-refractivity contribution in [1.82, 2.24) is 5.32 Å². The third-order valence-corrected chi connectivity index (χ3v) is 8.85. The second-order valence-corrected chi connectivity index (χ2v) is 10.5. The first-order valence-corrected chi connectivity index (χ1v) is 12.6. The highest BCUT2D eigenvalue weighted by Gasteiger charge is 2.60. The molecule has 0 radical (unpaired) electrons. The van der Waals surface area contributed by atoms with Crippen molar-refractivity contribution in [1.29, 1.82) is 0 Å². The van der Waals surface area contributed by atoms with E-state index in [4.69, 9.17) is 9.47 Å². The van der Waals surface area contributed by atoms with E-state index in [0.717, 1.165) is 31.4 Å². The Balaban J connectivity index is 1.38. The number of carbonyl (C=O) groups excluding carboxylic acids is 1. The summed E-state index contributed by atoms with van der Waals surface area (Å²) < 4.78 is 12.1. The van der Waals surface area contributed by atoms with Crippen LogP contribution in [0.25, 0.3) is 0 Å². The average Bonchev–Trinajstić information content (AvgIpc) is 3.16. The highest BCUT2D eigenvalue weighted by molar-refractivity contribution is 5.79. The summed E-state index contributed by atoms with van der Waals surface area (Å²) in [6.45, 7) is 5.69. The topological polar surface area (TPSA) is 47.6 Å². The molecule has 2 saturated carbocycles. The smallest absolute Gasteiger partial charge is 0.223 e. The van der Waals surface area contributed by atoms with Gasteiger partial charge >= 0.3 is 0 Å². The first-order chi connectivity index (χ1) is 16.0. The molecule has 0 unspecified atom stereocenters. The molecular formula is C29H37NO3. The summed E-state index contributed by atoms with van der Waals surface area (Å²) in [6, 6.07) is 17.0. The number of amides is 1. The molecule has 3 aliphatic rings. The normalized spacial score (nSPS) is 32.4. The molecule has 5 rings (SSSR count). The number of benzene rings is 2. The van der Waals surface area contributed by atoms with Crippen LogP contribution in [-0.2, 0) is 22.6 Å². The lowest BCUT2D eigenvalue weighted by Gasteiger charge is -2.51. The minimum atomic E-state index is 0.0581. The van der Waals surface area contributed by atoms with Gasteiger partial charge in [-0.15, -0.1) is 0 Å². The minimum Gasteiger partial charge on any atom is -0.489 e. The van der Waals surface area contributed by atoms with Crippen molar-refractivity contribution >= 4 is 5.91 Å². The zero-order chi connectivity index (χ0) is 23.0. The molecule has 4 heteroatoms. The fourth-order valence-electron chi connectivity index (χ4n) is 7.39. The van der Waals surface area contributed by atoms with E-state index in [1.807, 2.05) is 32.2 Å². The molecule has 0 bridgehead atoms. The standard InChI is InChI=1S/C29H37NO3/c1-4-30-28(31)25-17-26(32-3)29(2)15-14-23-22-13-11-21(33-18-19-8-6-5-7-9-19)16-20(22)10-12-24(23)27(25)29/h5-9,11,13,16,23-27H,4,10,12,14-15,17-18H2,1-3H3,(H,30,31)/t23-,24-,25+,26+,27-,29-/m1/s1. The summed E-state index contributed by atoms with van der Waals surface area (Å²) >= 11 is 0. The van der Waals surface area contributed by atoms with Gasteiger partial charge in [0.2, 0.25) is 5.91 Å². The molecule has 1 amide bonds. The molecule has 2 fully saturated rings. The van der Waals surface area contributed by atoms with Gasteiger partial charge in [-0.1, -0.05) is 43.3 Å². The Labute approximate surface area is 198 Å². The number of carbonyl (C=O) groups is 1. The van der Waals surface area contributed by atoms with E-state index in [0.29, 0.717) is 30.9 Å². The SMILES string of the molecule is CCNC(=O)[C@H]1C[C@H](OC)[C@@]2(C)CC[C@@H]3c4ccc(OCc5ccccc5)cc4CC[C@H]3[C@H]12. The van der Waals surface area contributed by atoms with Crippen molar-refractivity contribution in [2.24, 2.45) is 23.2 Å². The van der Waals surface area contributed by atoms with Crippen LogP contribution in [0.1, 0.15) is 62.1 Å². The van der Waals surface area contributed by atoms with Crippen LogP contribution in [0.5, 0.6) is 5.75 Å². The van der Waals surface area contributed by atoms with Crippen LogP contribution in [0.4, 0.5) is 0 Å². The highest BCUT2D eigenvalue weighted by Crippen LogP contribution is 2.63. The Kier molecular flexibility index (Phi) is 6.22. The number of aryl methyl sites for hydroxylation is 1. The molecule has 33 heavy (non-hydrogen) atoms. The molecule has 3 aliphatic carbocycles. The minimum absolute atomic E-state index is 0.0581. The van der Waals surface area contributed by atoms with Crippen molar-refractivity contribution < 1.29 is 14.3 Å². The zero-order valence-electron chi connectivity index (χ0n) is 20.2. The number of hydrogen-bond acceptors (Lipinski definition) is 3. The summed E-state index contributed by atoms with van der Waals surface area (Å²) in [6.07, 6.45) is 5.53. The third kappa shape index (κ3) is 3.97. The van der Waals surface area contributed by atoms with Crippen LogP contribution in [0.3, 0.4) is 0 Å². The predicted molar refractivity (Wildman–Crippen MR) is 130 cm³/mol. The van der Waals surface area contributed by atoms with E-state index >= 15 is 0 Å². The first-order valence-electron chi connectivity index (χ1n) is 12.6. The van der Waals surface area contributed by atoms with Crippen LogP contribution >= 0.6 is 0 Å². The Morgan fingerprint density at radius 1 is 1.15 bits per heavy atom. The molecule has 6 atom stereocenters. The molecule has 0 spiro atoms. The van der Waals surface area contributed by atoms with Crippen molar-refractivity contribution in [3.05, 3.63) is 65.2 Å². The molecule has 2 aromatic carbocycles. The van der Waals surface area contributed by atoms with Gasteiger partial charge in [0.25, 0.3) is 0 Å². The summed E-state index contributed by atoms with van der Waals surface area (Å²) in [7, 11) is 1.83. The van der Waals surface area contributed by atoms with E-state index in [1.54, 1.807) is 0 Å². The maximum Gasteiger partial charge on any atom is 0.223 e. The number of hydrogen-bond donors (Lipinski definition) is 1. The number of ether oxygens (including phenoxy) is 2. The van der Waals surface area contributed by atoms with E-state index in [-0.39, 0.29) is 23.3 Å². The highest BCUT2D eigenvalue weighted by atomic mass is 16.5. The summed E-state index contributed by atoms with van der Waals surface area (Å²) in [5.41, 5.74) is 4.19. The van der Waals surface area contributed by atoms with Crippen LogP contribution in [-0.4, -0.2) is 25.7 Å². The van der Waals surface area contributed by atoms with Gasteiger partial charge in [-0.25, -0.2) is 0 Å². The Bertz CT molecular complexity index is 990. The number of fused-ring (bicyclic) bond motifs is 5. The molecule has 0 heterocycles. The molecule has 0 aromatic heterocycles. The third-order valence-electron chi connectivity index (χ3n) is 8.85. The zero-order valence-corrected chi connectivity index (χ0v) is 20.2. The number of rotatable bonds is 6. The van der Waals surface area contributed by atoms with Gasteiger partial charge < -0.3 is 14.8 Å². The predicted octanol–water partition coefficient (Wildman–Crippen LogP) is 5.50. The summed E-state index contributed by atoms with van der Waals surface area (Å²) in [4.78, 5) is 13.1. The Morgan fingerprint density at radius 3 is 2.73 bits per heavy atom. The van der Waals surface area contributed by atoms with Crippen LogP contribution in [0.2, 0.25) is 0 Å². The maximum absolute atomic E-state index is 13.1. The second kappa shape index (κ2) is 9.13. The molecule has 4 nitrogen and oxygen atoms in total. The van der Waals surface area contributed by atoms with E-state index in [1.165, 1.54) is 23.1 Å². The Morgan fingerprint density at radius 2 is 1.97 bits per heavy atom. The van der Waals surface area contributed by atoms with Gasteiger partial charge in [0.05, 0.1) is 6.10 Å². The van der Waals surface area contributed by atoms with Crippen molar-refractivity contribution in [3.63, 3.8) is 0 Å². The fraction of sp³-hybridized carbons (Fsp3) is 0.552. The van der Waals surface area contributed by atoms with Gasteiger partial charge in [-0.2, -0.15) is 0 Å². The van der Waals surface area contributed by atoms with Gasteiger partial charge in [0.15, 0.2) is 0 Å². The summed E-state index contributed by atoms with van der Waals surface area (Å²) in [5.74, 6) is 2.70. The second-order valence-electron chi connectivity index (χ2n) is 10.5. The van der Waals surface area contributed by atoms with Crippen molar-refractivity contribution in [2.45, 2.75) is 64.6 Å². The van der Waals surface area contributed by atoms with E-state index in [9.17, 15) is 4.79 Å². The van der Waals surface area contributed by atoms with Gasteiger partial charge in [0, 0.05) is 19.6 Å². The maximum atomic E-state index is 13.1. The molecule has 0 saturated heterocycles. The van der Waals surface area contributed by atoms with Crippen LogP contribution < -0.4 is 10.1 Å². The lowest BCUT2D eigenvalue weighted by molar-refractivity contribution is -0.128. The molecule has 1 N–H and O–H groups in total. The van der Waals surface area contributed by atoms with Crippen molar-refractivity contribution in [2.75, 3.05) is 13.7 Å². The molecule has 2 aromatic rings. The van der Waals surface area contributed by atoms with Gasteiger partial charge in [0.1, 0.15) is 12.4 Å². The van der Waals surface area contributed by atoms with Crippen molar-refractivity contribution in [3.8, 4) is 5.75 Å². The largest absolute Gasteiger partial charge is 0.489 e. The lowest BCUT2D eigenvalue weighted by Crippen LogP contribution is -2.47.